The van der Waals surface area contributed by atoms with Crippen molar-refractivity contribution in [2.45, 2.75) is 39.8 Å². The van der Waals surface area contributed by atoms with Gasteiger partial charge in [0, 0.05) is 23.4 Å². The van der Waals surface area contributed by atoms with Gasteiger partial charge in [-0.05, 0) is 26.8 Å². The van der Waals surface area contributed by atoms with Crippen molar-refractivity contribution in [3.63, 3.8) is 0 Å². The molecule has 1 rings (SSSR count). The predicted molar refractivity (Wildman–Crippen MR) is 87.9 cm³/mol. The maximum absolute atomic E-state index is 11.5. The van der Waals surface area contributed by atoms with Crippen LogP contribution < -0.4 is 10.1 Å². The summed E-state index contributed by atoms with van der Waals surface area (Å²) in [5.41, 5.74) is 0.900. The highest BCUT2D eigenvalue weighted by molar-refractivity contribution is 7.91. The Kier molecular flexibility index (Phi) is 6.50. The molecule has 1 aromatic rings. The molecule has 120 valence electrons. The summed E-state index contributed by atoms with van der Waals surface area (Å²) in [5, 5.41) is 3.86. The lowest BCUT2D eigenvalue weighted by Crippen LogP contribution is -2.35. The molecular formula is C15H24ClNO3S. The lowest BCUT2D eigenvalue weighted by Gasteiger charge is -2.22. The van der Waals surface area contributed by atoms with Crippen molar-refractivity contribution in [2.24, 2.45) is 0 Å². The number of hydrogen-bond donors (Lipinski definition) is 1. The van der Waals surface area contributed by atoms with Crippen LogP contribution in [-0.2, 0) is 16.4 Å². The number of benzene rings is 1. The Morgan fingerprint density at radius 2 is 1.95 bits per heavy atom. The number of hydrogen-bond acceptors (Lipinski definition) is 4. The minimum Gasteiger partial charge on any atom is -0.491 e. The van der Waals surface area contributed by atoms with E-state index in [2.05, 4.69) is 26.1 Å². The van der Waals surface area contributed by atoms with Gasteiger partial charge in [0.05, 0.1) is 10.8 Å². The summed E-state index contributed by atoms with van der Waals surface area (Å²) in [6.07, 6.45) is 0. The van der Waals surface area contributed by atoms with Crippen LogP contribution in [0.15, 0.2) is 18.2 Å². The summed E-state index contributed by atoms with van der Waals surface area (Å²) in [5.74, 6) is 0.681. The Hall–Kier alpha value is -0.780. The quantitative estimate of drug-likeness (QED) is 0.833. The molecule has 0 fully saturated rings. The van der Waals surface area contributed by atoms with Gasteiger partial charge in [-0.1, -0.05) is 30.7 Å². The summed E-state index contributed by atoms with van der Waals surface area (Å²) in [6.45, 7) is 8.58. The lowest BCUT2D eigenvalue weighted by atomic mass is 10.1. The van der Waals surface area contributed by atoms with Gasteiger partial charge in [-0.15, -0.1) is 0 Å². The van der Waals surface area contributed by atoms with E-state index in [-0.39, 0.29) is 23.7 Å². The van der Waals surface area contributed by atoms with Gasteiger partial charge < -0.3 is 10.1 Å². The maximum atomic E-state index is 11.5. The molecule has 1 aromatic carbocycles. The van der Waals surface area contributed by atoms with Crippen molar-refractivity contribution in [3.8, 4) is 5.75 Å². The van der Waals surface area contributed by atoms with Gasteiger partial charge in [-0.2, -0.15) is 0 Å². The second kappa shape index (κ2) is 7.47. The van der Waals surface area contributed by atoms with Crippen molar-refractivity contribution >= 4 is 21.4 Å². The molecule has 0 atom stereocenters. The van der Waals surface area contributed by atoms with E-state index in [1.807, 2.05) is 12.1 Å². The highest BCUT2D eigenvalue weighted by atomic mass is 35.5. The van der Waals surface area contributed by atoms with Crippen molar-refractivity contribution in [1.82, 2.24) is 5.32 Å². The molecule has 0 unspecified atom stereocenters. The molecule has 0 aromatic heterocycles. The number of ether oxygens (including phenoxy) is 1. The molecule has 0 saturated heterocycles. The Bertz CT molecular complexity index is 565. The third-order valence-electron chi connectivity index (χ3n) is 2.94. The zero-order valence-corrected chi connectivity index (χ0v) is 14.6. The van der Waals surface area contributed by atoms with E-state index in [0.717, 1.165) is 5.56 Å². The van der Waals surface area contributed by atoms with Gasteiger partial charge in [0.25, 0.3) is 0 Å². The Morgan fingerprint density at radius 3 is 2.52 bits per heavy atom. The second-order valence-electron chi connectivity index (χ2n) is 5.92. The zero-order valence-electron chi connectivity index (χ0n) is 13.1. The van der Waals surface area contributed by atoms with Crippen molar-refractivity contribution in [2.75, 3.05) is 18.1 Å². The SMILES string of the molecule is CCS(=O)(=O)CCOc1c(Cl)cccc1CNC(C)(C)C. The van der Waals surface area contributed by atoms with Gasteiger partial charge in [0.2, 0.25) is 0 Å². The zero-order chi connectivity index (χ0) is 16.1. The molecule has 0 saturated carbocycles. The first kappa shape index (κ1) is 18.3. The van der Waals surface area contributed by atoms with Gasteiger partial charge in [0.1, 0.15) is 12.4 Å². The topological polar surface area (TPSA) is 55.4 Å². The Labute approximate surface area is 132 Å². The molecule has 0 aliphatic heterocycles. The summed E-state index contributed by atoms with van der Waals surface area (Å²) < 4.78 is 28.6. The third kappa shape index (κ3) is 6.68. The molecule has 21 heavy (non-hydrogen) atoms. The molecule has 0 aliphatic carbocycles. The Balaban J connectivity index is 2.76. The summed E-state index contributed by atoms with van der Waals surface area (Å²) in [6, 6.07) is 5.53. The molecule has 0 aliphatic rings. The van der Waals surface area contributed by atoms with E-state index in [0.29, 0.717) is 17.3 Å². The molecule has 0 amide bonds. The van der Waals surface area contributed by atoms with E-state index >= 15 is 0 Å². The molecule has 6 heteroatoms. The predicted octanol–water partition coefficient (Wildman–Crippen LogP) is 3.04. The molecule has 1 N–H and O–H groups in total. The van der Waals surface area contributed by atoms with Crippen LogP contribution in [0.25, 0.3) is 0 Å². The standard InChI is InChI=1S/C15H24ClNO3S/c1-5-21(18,19)10-9-20-14-12(7-6-8-13(14)16)11-17-15(2,3)4/h6-8,17H,5,9-11H2,1-4H3. The first-order chi connectivity index (χ1) is 9.64. The molecule has 0 bridgehead atoms. The Morgan fingerprint density at radius 1 is 1.29 bits per heavy atom. The fourth-order valence-electron chi connectivity index (χ4n) is 1.63. The minimum atomic E-state index is -3.03. The molecule has 0 spiro atoms. The van der Waals surface area contributed by atoms with Gasteiger partial charge in [-0.25, -0.2) is 8.42 Å². The van der Waals surface area contributed by atoms with Crippen LogP contribution in [0.5, 0.6) is 5.75 Å². The van der Waals surface area contributed by atoms with Crippen molar-refractivity contribution < 1.29 is 13.2 Å². The van der Waals surface area contributed by atoms with Crippen LogP contribution in [-0.4, -0.2) is 32.1 Å². The normalized spacial score (nSPS) is 12.4. The number of sulfone groups is 1. The summed E-state index contributed by atoms with van der Waals surface area (Å²) >= 11 is 6.16. The first-order valence-electron chi connectivity index (χ1n) is 7.00. The monoisotopic (exact) mass is 333 g/mol. The fourth-order valence-corrected chi connectivity index (χ4v) is 2.50. The lowest BCUT2D eigenvalue weighted by molar-refractivity contribution is 0.333. The number of halogens is 1. The van der Waals surface area contributed by atoms with Crippen molar-refractivity contribution in [3.05, 3.63) is 28.8 Å². The molecule has 0 heterocycles. The van der Waals surface area contributed by atoms with Crippen LogP contribution in [0.3, 0.4) is 0 Å². The van der Waals surface area contributed by atoms with E-state index in [1.165, 1.54) is 0 Å². The van der Waals surface area contributed by atoms with Crippen LogP contribution in [0.4, 0.5) is 0 Å². The highest BCUT2D eigenvalue weighted by Gasteiger charge is 2.14. The van der Waals surface area contributed by atoms with Crippen LogP contribution in [0.1, 0.15) is 33.3 Å². The summed E-state index contributed by atoms with van der Waals surface area (Å²) in [7, 11) is -3.03. The molecule has 4 nitrogen and oxygen atoms in total. The number of para-hydroxylation sites is 1. The van der Waals surface area contributed by atoms with Gasteiger partial charge in [0.15, 0.2) is 9.84 Å². The van der Waals surface area contributed by atoms with Crippen LogP contribution >= 0.6 is 11.6 Å². The smallest absolute Gasteiger partial charge is 0.153 e. The summed E-state index contributed by atoms with van der Waals surface area (Å²) in [4.78, 5) is 0. The third-order valence-corrected chi connectivity index (χ3v) is 4.90. The maximum Gasteiger partial charge on any atom is 0.153 e. The van der Waals surface area contributed by atoms with Gasteiger partial charge >= 0.3 is 0 Å². The van der Waals surface area contributed by atoms with E-state index in [1.54, 1.807) is 13.0 Å². The van der Waals surface area contributed by atoms with E-state index in [4.69, 9.17) is 16.3 Å². The number of rotatable bonds is 7. The van der Waals surface area contributed by atoms with Crippen LogP contribution in [0, 0.1) is 0 Å². The average molecular weight is 334 g/mol. The second-order valence-corrected chi connectivity index (χ2v) is 8.80. The molecule has 0 radical (unpaired) electrons. The molecular weight excluding hydrogens is 310 g/mol. The minimum absolute atomic E-state index is 0.000856. The fraction of sp³-hybridized carbons (Fsp3) is 0.600. The van der Waals surface area contributed by atoms with Crippen molar-refractivity contribution in [1.29, 1.82) is 0 Å². The average Bonchev–Trinajstić information content (AvgIpc) is 2.38. The van der Waals surface area contributed by atoms with E-state index in [9.17, 15) is 8.42 Å². The highest BCUT2D eigenvalue weighted by Crippen LogP contribution is 2.29. The number of nitrogens with one attached hydrogen (secondary N) is 1. The largest absolute Gasteiger partial charge is 0.491 e. The van der Waals surface area contributed by atoms with Gasteiger partial charge in [-0.3, -0.25) is 0 Å². The van der Waals surface area contributed by atoms with E-state index < -0.39 is 9.84 Å². The first-order valence-corrected chi connectivity index (χ1v) is 9.20. The van der Waals surface area contributed by atoms with Crippen LogP contribution in [0.2, 0.25) is 5.02 Å².